The van der Waals surface area contributed by atoms with Crippen LogP contribution >= 0.6 is 0 Å². The molecule has 1 aromatic rings. The van der Waals surface area contributed by atoms with Crippen molar-refractivity contribution in [1.82, 2.24) is 10.3 Å². The minimum Gasteiger partial charge on any atom is -0.496 e. The normalized spacial score (nSPS) is 18.4. The smallest absolute Gasteiger partial charge is 0.128 e. The third-order valence-electron chi connectivity index (χ3n) is 3.23. The molecule has 0 spiro atoms. The van der Waals surface area contributed by atoms with Crippen LogP contribution in [0.2, 0.25) is 0 Å². The Kier molecular flexibility index (Phi) is 3.79. The monoisotopic (exact) mass is 232 g/mol. The van der Waals surface area contributed by atoms with Crippen molar-refractivity contribution in [3.05, 3.63) is 28.6 Å². The molecule has 1 aliphatic rings. The van der Waals surface area contributed by atoms with Gasteiger partial charge in [-0.2, -0.15) is 0 Å². The van der Waals surface area contributed by atoms with Gasteiger partial charge in [0.25, 0.3) is 0 Å². The van der Waals surface area contributed by atoms with E-state index in [0.717, 1.165) is 35.7 Å². The van der Waals surface area contributed by atoms with Gasteiger partial charge in [0.2, 0.25) is 0 Å². The Bertz CT molecular complexity index is 430. The minimum atomic E-state index is 0.954. The molecular weight excluding hydrogens is 212 g/mol. The van der Waals surface area contributed by atoms with E-state index in [1.165, 1.54) is 18.4 Å². The van der Waals surface area contributed by atoms with Gasteiger partial charge in [0.15, 0.2) is 0 Å². The fourth-order valence-electron chi connectivity index (χ4n) is 2.29. The van der Waals surface area contributed by atoms with Crippen LogP contribution in [0.5, 0.6) is 5.75 Å². The molecule has 1 fully saturated rings. The van der Waals surface area contributed by atoms with Crippen LogP contribution in [0.4, 0.5) is 0 Å². The zero-order valence-corrected chi connectivity index (χ0v) is 10.8. The van der Waals surface area contributed by atoms with Gasteiger partial charge >= 0.3 is 0 Å². The lowest BCUT2D eigenvalue weighted by atomic mass is 10.0. The highest BCUT2D eigenvalue weighted by atomic mass is 16.5. The summed E-state index contributed by atoms with van der Waals surface area (Å²) in [6.45, 7) is 6.21. The van der Waals surface area contributed by atoms with Gasteiger partial charge < -0.3 is 10.1 Å². The van der Waals surface area contributed by atoms with Crippen molar-refractivity contribution in [2.45, 2.75) is 26.7 Å². The molecule has 0 amide bonds. The summed E-state index contributed by atoms with van der Waals surface area (Å²) in [5, 5.41) is 3.39. The van der Waals surface area contributed by atoms with Crippen LogP contribution in [0.3, 0.4) is 0 Å². The molecule has 0 unspecified atom stereocenters. The third-order valence-corrected chi connectivity index (χ3v) is 3.23. The highest BCUT2D eigenvalue weighted by Crippen LogP contribution is 2.26. The molecule has 1 N–H and O–H groups in total. The Morgan fingerprint density at radius 1 is 1.41 bits per heavy atom. The van der Waals surface area contributed by atoms with Crippen molar-refractivity contribution >= 4 is 6.08 Å². The van der Waals surface area contributed by atoms with E-state index in [1.54, 1.807) is 7.11 Å². The standard InChI is InChI=1S/C14H20N2O/c1-10-8-16-13(11(2)14(10)17-3)7-12-5-4-6-15-9-12/h7-8,15H,4-6,9H2,1-3H3/b12-7+. The van der Waals surface area contributed by atoms with E-state index in [2.05, 4.69) is 23.3 Å². The van der Waals surface area contributed by atoms with Gasteiger partial charge in [-0.3, -0.25) is 4.98 Å². The quantitative estimate of drug-likeness (QED) is 0.850. The molecule has 17 heavy (non-hydrogen) atoms. The van der Waals surface area contributed by atoms with Gasteiger partial charge in [0, 0.05) is 23.9 Å². The van der Waals surface area contributed by atoms with Crippen molar-refractivity contribution in [3.8, 4) is 5.75 Å². The van der Waals surface area contributed by atoms with Gasteiger partial charge in [-0.1, -0.05) is 5.57 Å². The summed E-state index contributed by atoms with van der Waals surface area (Å²) in [4.78, 5) is 4.50. The molecule has 1 aromatic heterocycles. The first kappa shape index (κ1) is 12.1. The second-order valence-corrected chi connectivity index (χ2v) is 4.57. The molecule has 2 rings (SSSR count). The maximum absolute atomic E-state index is 5.42. The van der Waals surface area contributed by atoms with Crippen LogP contribution in [-0.2, 0) is 0 Å². The average molecular weight is 232 g/mol. The number of hydrogen-bond acceptors (Lipinski definition) is 3. The summed E-state index contributed by atoms with van der Waals surface area (Å²) < 4.78 is 5.42. The summed E-state index contributed by atoms with van der Waals surface area (Å²) in [6, 6.07) is 0. The summed E-state index contributed by atoms with van der Waals surface area (Å²) >= 11 is 0. The largest absolute Gasteiger partial charge is 0.496 e. The van der Waals surface area contributed by atoms with E-state index in [4.69, 9.17) is 4.74 Å². The number of aryl methyl sites for hydroxylation is 1. The number of methoxy groups -OCH3 is 1. The fourth-order valence-corrected chi connectivity index (χ4v) is 2.29. The van der Waals surface area contributed by atoms with Gasteiger partial charge in [-0.15, -0.1) is 0 Å². The molecule has 3 nitrogen and oxygen atoms in total. The molecule has 0 bridgehead atoms. The van der Waals surface area contributed by atoms with Crippen LogP contribution < -0.4 is 10.1 Å². The van der Waals surface area contributed by atoms with E-state index < -0.39 is 0 Å². The number of hydrogen-bond donors (Lipinski definition) is 1. The number of rotatable bonds is 2. The van der Waals surface area contributed by atoms with Crippen molar-refractivity contribution in [1.29, 1.82) is 0 Å². The highest BCUT2D eigenvalue weighted by molar-refractivity contribution is 5.58. The molecule has 1 aliphatic heterocycles. The summed E-state index contributed by atoms with van der Waals surface area (Å²) in [5.74, 6) is 0.954. The third kappa shape index (κ3) is 2.67. The van der Waals surface area contributed by atoms with E-state index in [0.29, 0.717) is 0 Å². The van der Waals surface area contributed by atoms with Crippen molar-refractivity contribution < 1.29 is 4.74 Å². The van der Waals surface area contributed by atoms with Crippen molar-refractivity contribution in [2.24, 2.45) is 0 Å². The number of aromatic nitrogens is 1. The summed E-state index contributed by atoms with van der Waals surface area (Å²) in [5.41, 5.74) is 4.68. The number of pyridine rings is 1. The van der Waals surface area contributed by atoms with Crippen LogP contribution in [0.1, 0.15) is 29.7 Å². The first-order valence-electron chi connectivity index (χ1n) is 6.12. The van der Waals surface area contributed by atoms with Crippen LogP contribution in [0, 0.1) is 13.8 Å². The Labute approximate surface area is 103 Å². The molecule has 1 saturated heterocycles. The lowest BCUT2D eigenvalue weighted by Gasteiger charge is -2.16. The number of ether oxygens (including phenoxy) is 1. The Morgan fingerprint density at radius 2 is 2.24 bits per heavy atom. The number of piperidine rings is 1. The molecule has 0 radical (unpaired) electrons. The molecule has 0 aliphatic carbocycles. The average Bonchev–Trinajstić information content (AvgIpc) is 2.35. The lowest BCUT2D eigenvalue weighted by molar-refractivity contribution is 0.407. The second kappa shape index (κ2) is 5.32. The SMILES string of the molecule is COc1c(C)cnc(/C=C2\CCCNC2)c1C. The minimum absolute atomic E-state index is 0.954. The number of nitrogens with zero attached hydrogens (tertiary/aromatic N) is 1. The topological polar surface area (TPSA) is 34.1 Å². The molecule has 92 valence electrons. The highest BCUT2D eigenvalue weighted by Gasteiger charge is 2.10. The molecular formula is C14H20N2O. The Hall–Kier alpha value is -1.35. The second-order valence-electron chi connectivity index (χ2n) is 4.57. The predicted octanol–water partition coefficient (Wildman–Crippen LogP) is 2.47. The molecule has 0 atom stereocenters. The zero-order chi connectivity index (χ0) is 12.3. The molecule has 0 saturated carbocycles. The molecule has 3 heteroatoms. The summed E-state index contributed by atoms with van der Waals surface area (Å²) in [7, 11) is 1.72. The van der Waals surface area contributed by atoms with Crippen molar-refractivity contribution in [3.63, 3.8) is 0 Å². The van der Waals surface area contributed by atoms with Gasteiger partial charge in [0.05, 0.1) is 12.8 Å². The van der Waals surface area contributed by atoms with Crippen molar-refractivity contribution in [2.75, 3.05) is 20.2 Å². The fraction of sp³-hybridized carbons (Fsp3) is 0.500. The van der Waals surface area contributed by atoms with Crippen LogP contribution in [-0.4, -0.2) is 25.2 Å². The predicted molar refractivity (Wildman–Crippen MR) is 70.3 cm³/mol. The summed E-state index contributed by atoms with van der Waals surface area (Å²) in [6.07, 6.45) is 6.47. The van der Waals surface area contributed by atoms with Crippen LogP contribution in [0.15, 0.2) is 11.8 Å². The number of nitrogens with one attached hydrogen (secondary N) is 1. The zero-order valence-electron chi connectivity index (χ0n) is 10.8. The van der Waals surface area contributed by atoms with Gasteiger partial charge in [-0.25, -0.2) is 0 Å². The first-order chi connectivity index (χ1) is 8.22. The van der Waals surface area contributed by atoms with Gasteiger partial charge in [0.1, 0.15) is 5.75 Å². The van der Waals surface area contributed by atoms with E-state index in [-0.39, 0.29) is 0 Å². The van der Waals surface area contributed by atoms with Crippen LogP contribution in [0.25, 0.3) is 6.08 Å². The molecule has 2 heterocycles. The maximum atomic E-state index is 5.42. The van der Waals surface area contributed by atoms with Gasteiger partial charge in [-0.05, 0) is 39.3 Å². The molecule has 0 aromatic carbocycles. The Balaban J connectivity index is 2.32. The Morgan fingerprint density at radius 3 is 2.88 bits per heavy atom. The maximum Gasteiger partial charge on any atom is 0.128 e. The lowest BCUT2D eigenvalue weighted by Crippen LogP contribution is -2.23. The first-order valence-corrected chi connectivity index (χ1v) is 6.12. The van der Waals surface area contributed by atoms with E-state index in [1.807, 2.05) is 13.1 Å². The van der Waals surface area contributed by atoms with E-state index in [9.17, 15) is 0 Å². The van der Waals surface area contributed by atoms with E-state index >= 15 is 0 Å².